The zero-order chi connectivity index (χ0) is 22.1. The molecule has 0 saturated heterocycles. The second-order valence-electron chi connectivity index (χ2n) is 6.52. The van der Waals surface area contributed by atoms with Gasteiger partial charge in [-0.2, -0.15) is 0 Å². The highest BCUT2D eigenvalue weighted by atomic mass is 35.5. The lowest BCUT2D eigenvalue weighted by Gasteiger charge is -2.19. The summed E-state index contributed by atoms with van der Waals surface area (Å²) in [6, 6.07) is 16.0. The standard InChI is InChI=1S/C20H17ClN2O6S2/c21-17-3-1-2-4-18(17)23-30(24,25)15-7-5-14(6-8-15)22-31(26,27)16-9-10-19-20(13-16)29-12-11-28-19/h1-10,13,22-23H,11-12H2. The summed E-state index contributed by atoms with van der Waals surface area (Å²) in [6.07, 6.45) is 0. The quantitative estimate of drug-likeness (QED) is 0.556. The van der Waals surface area contributed by atoms with Gasteiger partial charge in [0.15, 0.2) is 11.5 Å². The summed E-state index contributed by atoms with van der Waals surface area (Å²) < 4.78 is 66.2. The minimum atomic E-state index is -3.92. The van der Waals surface area contributed by atoms with Crippen molar-refractivity contribution in [2.24, 2.45) is 0 Å². The van der Waals surface area contributed by atoms with Gasteiger partial charge in [0.2, 0.25) is 0 Å². The van der Waals surface area contributed by atoms with E-state index in [1.807, 2.05) is 0 Å². The van der Waals surface area contributed by atoms with Gasteiger partial charge in [0.05, 0.1) is 20.5 Å². The molecule has 0 amide bonds. The summed E-state index contributed by atoms with van der Waals surface area (Å²) in [4.78, 5) is -0.0523. The molecule has 11 heteroatoms. The van der Waals surface area contributed by atoms with E-state index in [4.69, 9.17) is 21.1 Å². The van der Waals surface area contributed by atoms with E-state index in [-0.39, 0.29) is 26.2 Å². The minimum absolute atomic E-state index is 0.00571. The molecule has 0 aliphatic carbocycles. The summed E-state index contributed by atoms with van der Waals surface area (Å²) in [7, 11) is -7.82. The monoisotopic (exact) mass is 480 g/mol. The van der Waals surface area contributed by atoms with E-state index in [0.29, 0.717) is 24.7 Å². The maximum absolute atomic E-state index is 12.7. The zero-order valence-electron chi connectivity index (χ0n) is 15.9. The van der Waals surface area contributed by atoms with Gasteiger partial charge < -0.3 is 9.47 Å². The molecule has 1 aliphatic rings. The fourth-order valence-corrected chi connectivity index (χ4v) is 5.25. The molecular formula is C20H17ClN2O6S2. The van der Waals surface area contributed by atoms with Gasteiger partial charge in [-0.3, -0.25) is 9.44 Å². The van der Waals surface area contributed by atoms with Crippen LogP contribution in [0.4, 0.5) is 11.4 Å². The molecule has 0 unspecified atom stereocenters. The molecule has 2 N–H and O–H groups in total. The number of sulfonamides is 2. The smallest absolute Gasteiger partial charge is 0.262 e. The van der Waals surface area contributed by atoms with E-state index in [1.165, 1.54) is 48.5 Å². The molecule has 31 heavy (non-hydrogen) atoms. The molecule has 0 atom stereocenters. The van der Waals surface area contributed by atoms with Crippen molar-refractivity contribution in [2.45, 2.75) is 9.79 Å². The second kappa shape index (κ2) is 8.29. The number of halogens is 1. The summed E-state index contributed by atoms with van der Waals surface area (Å²) in [5.41, 5.74) is 0.444. The number of rotatable bonds is 6. The molecule has 3 aromatic rings. The van der Waals surface area contributed by atoms with E-state index in [1.54, 1.807) is 18.2 Å². The minimum Gasteiger partial charge on any atom is -0.486 e. The van der Waals surface area contributed by atoms with Gasteiger partial charge in [-0.05, 0) is 48.5 Å². The van der Waals surface area contributed by atoms with Gasteiger partial charge in [-0.25, -0.2) is 16.8 Å². The summed E-state index contributed by atoms with van der Waals surface area (Å²) in [5.74, 6) is 0.826. The highest BCUT2D eigenvalue weighted by molar-refractivity contribution is 7.93. The van der Waals surface area contributed by atoms with Crippen LogP contribution in [-0.2, 0) is 20.0 Å². The molecule has 4 rings (SSSR count). The molecule has 0 spiro atoms. The number of benzene rings is 3. The first kappa shape index (κ1) is 21.3. The Morgan fingerprint density at radius 3 is 2.03 bits per heavy atom. The molecule has 1 aliphatic heterocycles. The van der Waals surface area contributed by atoms with Crippen molar-refractivity contribution in [2.75, 3.05) is 22.7 Å². The van der Waals surface area contributed by atoms with Gasteiger partial charge >= 0.3 is 0 Å². The van der Waals surface area contributed by atoms with E-state index in [9.17, 15) is 16.8 Å². The summed E-state index contributed by atoms with van der Waals surface area (Å²) in [5, 5.41) is 0.259. The van der Waals surface area contributed by atoms with E-state index in [0.717, 1.165) is 0 Å². The van der Waals surface area contributed by atoms with Crippen LogP contribution in [0.5, 0.6) is 11.5 Å². The Morgan fingerprint density at radius 1 is 0.710 bits per heavy atom. The van der Waals surface area contributed by atoms with Gasteiger partial charge in [-0.15, -0.1) is 0 Å². The summed E-state index contributed by atoms with van der Waals surface area (Å²) >= 11 is 6.00. The molecule has 0 bridgehead atoms. The summed E-state index contributed by atoms with van der Waals surface area (Å²) in [6.45, 7) is 0.736. The first-order valence-electron chi connectivity index (χ1n) is 9.04. The Kier molecular flexibility index (Phi) is 5.69. The number of nitrogens with one attached hydrogen (secondary N) is 2. The van der Waals surface area contributed by atoms with E-state index < -0.39 is 20.0 Å². The lowest BCUT2D eigenvalue weighted by Crippen LogP contribution is -2.17. The van der Waals surface area contributed by atoms with Crippen LogP contribution in [0.2, 0.25) is 5.02 Å². The third-order valence-electron chi connectivity index (χ3n) is 4.36. The average Bonchev–Trinajstić information content (AvgIpc) is 2.75. The Balaban J connectivity index is 1.52. The maximum atomic E-state index is 12.7. The van der Waals surface area contributed by atoms with E-state index >= 15 is 0 Å². The third-order valence-corrected chi connectivity index (χ3v) is 7.45. The number of anilines is 2. The molecule has 0 aromatic heterocycles. The lowest BCUT2D eigenvalue weighted by atomic mass is 10.3. The first-order valence-corrected chi connectivity index (χ1v) is 12.4. The van der Waals surface area contributed by atoms with Crippen LogP contribution < -0.4 is 18.9 Å². The van der Waals surface area contributed by atoms with E-state index in [2.05, 4.69) is 9.44 Å². The van der Waals surface area contributed by atoms with Gasteiger partial charge in [0.25, 0.3) is 20.0 Å². The average molecular weight is 481 g/mol. The molecule has 8 nitrogen and oxygen atoms in total. The van der Waals surface area contributed by atoms with Crippen molar-refractivity contribution in [3.05, 3.63) is 71.8 Å². The molecule has 3 aromatic carbocycles. The third kappa shape index (κ3) is 4.71. The van der Waals surface area contributed by atoms with Gasteiger partial charge in [-0.1, -0.05) is 23.7 Å². The number of fused-ring (bicyclic) bond motifs is 1. The number of hydrogen-bond acceptors (Lipinski definition) is 6. The number of para-hydroxylation sites is 1. The van der Waals surface area contributed by atoms with Crippen molar-refractivity contribution in [1.82, 2.24) is 0 Å². The Bertz CT molecular complexity index is 1330. The Hall–Kier alpha value is -2.95. The van der Waals surface area contributed by atoms with Crippen molar-refractivity contribution in [1.29, 1.82) is 0 Å². The van der Waals surface area contributed by atoms with Crippen LogP contribution in [0.3, 0.4) is 0 Å². The second-order valence-corrected chi connectivity index (χ2v) is 10.3. The van der Waals surface area contributed by atoms with Crippen LogP contribution in [-0.4, -0.2) is 30.0 Å². The lowest BCUT2D eigenvalue weighted by molar-refractivity contribution is 0.171. The van der Waals surface area contributed by atoms with Gasteiger partial charge in [0, 0.05) is 11.8 Å². The SMILES string of the molecule is O=S(=O)(Nc1ccc(S(=O)(=O)Nc2ccccc2Cl)cc1)c1ccc2c(c1)OCCO2. The van der Waals surface area contributed by atoms with Crippen LogP contribution in [0.25, 0.3) is 0 Å². The van der Waals surface area contributed by atoms with Crippen molar-refractivity contribution in [3.63, 3.8) is 0 Å². The fraction of sp³-hybridized carbons (Fsp3) is 0.100. The molecule has 0 saturated carbocycles. The van der Waals surface area contributed by atoms with Gasteiger partial charge in [0.1, 0.15) is 13.2 Å². The van der Waals surface area contributed by atoms with Crippen LogP contribution >= 0.6 is 11.6 Å². The highest BCUT2D eigenvalue weighted by Gasteiger charge is 2.20. The fourth-order valence-electron chi connectivity index (χ4n) is 2.85. The molecular weight excluding hydrogens is 464 g/mol. The van der Waals surface area contributed by atoms with Crippen LogP contribution in [0, 0.1) is 0 Å². The Morgan fingerprint density at radius 2 is 1.32 bits per heavy atom. The first-order chi connectivity index (χ1) is 14.7. The Labute approximate surface area is 184 Å². The van der Waals surface area contributed by atoms with Crippen LogP contribution in [0.15, 0.2) is 76.5 Å². The predicted octanol–water partition coefficient (Wildman–Crippen LogP) is 3.71. The van der Waals surface area contributed by atoms with Crippen molar-refractivity contribution >= 4 is 43.0 Å². The molecule has 0 radical (unpaired) electrons. The predicted molar refractivity (Wildman–Crippen MR) is 117 cm³/mol. The molecule has 1 heterocycles. The topological polar surface area (TPSA) is 111 Å². The number of ether oxygens (including phenoxy) is 2. The highest BCUT2D eigenvalue weighted by Crippen LogP contribution is 2.33. The number of hydrogen-bond donors (Lipinski definition) is 2. The van der Waals surface area contributed by atoms with Crippen LogP contribution in [0.1, 0.15) is 0 Å². The van der Waals surface area contributed by atoms with Crippen molar-refractivity contribution < 1.29 is 26.3 Å². The molecule has 162 valence electrons. The van der Waals surface area contributed by atoms with Crippen molar-refractivity contribution in [3.8, 4) is 11.5 Å². The maximum Gasteiger partial charge on any atom is 0.262 e. The normalized spacial score (nSPS) is 13.5. The molecule has 0 fully saturated rings. The largest absolute Gasteiger partial charge is 0.486 e. The zero-order valence-corrected chi connectivity index (χ0v) is 18.3.